The summed E-state index contributed by atoms with van der Waals surface area (Å²) in [5.74, 6) is 0. The molecule has 0 aliphatic rings. The molecule has 6 heteroatoms. The summed E-state index contributed by atoms with van der Waals surface area (Å²) < 4.78 is 26.0. The van der Waals surface area contributed by atoms with Crippen LogP contribution in [0.2, 0.25) is 0 Å². The van der Waals surface area contributed by atoms with Gasteiger partial charge in [-0.3, -0.25) is 0 Å². The zero-order chi connectivity index (χ0) is 13.8. The molecule has 0 aliphatic carbocycles. The lowest BCUT2D eigenvalue weighted by molar-refractivity contribution is 0.260. The largest absolute Gasteiger partial charge is 0.398 e. The minimum atomic E-state index is -3.71. The molecule has 0 bridgehead atoms. The van der Waals surface area contributed by atoms with Gasteiger partial charge in [-0.2, -0.15) is 4.31 Å². The Morgan fingerprint density at radius 3 is 2.67 bits per heavy atom. The molecule has 5 nitrogen and oxygen atoms in total. The first-order valence-electron chi connectivity index (χ1n) is 5.52. The van der Waals surface area contributed by atoms with Crippen molar-refractivity contribution in [2.45, 2.75) is 11.8 Å². The van der Waals surface area contributed by atoms with Crippen molar-refractivity contribution in [2.75, 3.05) is 25.4 Å². The van der Waals surface area contributed by atoms with Gasteiger partial charge in [0.05, 0.1) is 12.3 Å². The summed E-state index contributed by atoms with van der Waals surface area (Å²) in [6.45, 7) is 5.10. The Morgan fingerprint density at radius 2 is 2.17 bits per heavy atom. The maximum absolute atomic E-state index is 12.4. The second-order valence-electron chi connectivity index (χ2n) is 3.87. The van der Waals surface area contributed by atoms with Gasteiger partial charge < -0.3 is 10.8 Å². The highest BCUT2D eigenvalue weighted by Gasteiger charge is 2.26. The van der Waals surface area contributed by atoms with Crippen molar-refractivity contribution in [1.29, 1.82) is 0 Å². The van der Waals surface area contributed by atoms with Gasteiger partial charge in [0.15, 0.2) is 0 Å². The van der Waals surface area contributed by atoms with E-state index < -0.39 is 10.0 Å². The fourth-order valence-electron chi connectivity index (χ4n) is 1.72. The van der Waals surface area contributed by atoms with E-state index in [1.807, 2.05) is 0 Å². The third-order valence-electron chi connectivity index (χ3n) is 2.52. The second kappa shape index (κ2) is 5.99. The lowest BCUT2D eigenvalue weighted by Gasteiger charge is -2.21. The Hall–Kier alpha value is -1.37. The molecule has 0 spiro atoms. The highest BCUT2D eigenvalue weighted by atomic mass is 32.2. The van der Waals surface area contributed by atoms with Crippen molar-refractivity contribution in [2.24, 2.45) is 0 Å². The third kappa shape index (κ3) is 2.90. The molecular weight excluding hydrogens is 252 g/mol. The number of nitrogens with zero attached hydrogens (tertiary/aromatic N) is 1. The molecule has 0 heterocycles. The van der Waals surface area contributed by atoms with Gasteiger partial charge in [-0.05, 0) is 18.6 Å². The van der Waals surface area contributed by atoms with Gasteiger partial charge in [-0.1, -0.05) is 18.2 Å². The molecule has 18 heavy (non-hydrogen) atoms. The minimum absolute atomic E-state index is 0.0160. The highest BCUT2D eigenvalue weighted by Crippen LogP contribution is 2.25. The summed E-state index contributed by atoms with van der Waals surface area (Å²) in [6.07, 6.45) is 1.47. The van der Waals surface area contributed by atoms with E-state index in [1.165, 1.54) is 6.08 Å². The van der Waals surface area contributed by atoms with Crippen LogP contribution in [0.15, 0.2) is 35.7 Å². The fourth-order valence-corrected chi connectivity index (χ4v) is 3.44. The third-order valence-corrected chi connectivity index (χ3v) is 4.61. The molecule has 0 aromatic heterocycles. The number of nitrogens with two attached hydrogens (primary N) is 1. The number of aliphatic hydroxyl groups excluding tert-OH is 1. The van der Waals surface area contributed by atoms with E-state index in [0.29, 0.717) is 5.56 Å². The van der Waals surface area contributed by atoms with E-state index in [9.17, 15) is 8.42 Å². The molecule has 1 aromatic carbocycles. The topological polar surface area (TPSA) is 83.6 Å². The molecule has 100 valence electrons. The van der Waals surface area contributed by atoms with Crippen LogP contribution in [0, 0.1) is 6.92 Å². The van der Waals surface area contributed by atoms with Gasteiger partial charge in [0.25, 0.3) is 0 Å². The number of nitrogen functional groups attached to an aromatic ring is 1. The molecule has 0 unspecified atom stereocenters. The Bertz CT molecular complexity index is 506. The van der Waals surface area contributed by atoms with Gasteiger partial charge in [-0.25, -0.2) is 8.42 Å². The fraction of sp³-hybridized carbons (Fsp3) is 0.333. The van der Waals surface area contributed by atoms with Gasteiger partial charge in [-0.15, -0.1) is 6.58 Å². The minimum Gasteiger partial charge on any atom is -0.398 e. The summed E-state index contributed by atoms with van der Waals surface area (Å²) in [6, 6.07) is 4.94. The van der Waals surface area contributed by atoms with Crippen LogP contribution < -0.4 is 5.73 Å². The zero-order valence-electron chi connectivity index (χ0n) is 10.3. The average Bonchev–Trinajstić information content (AvgIpc) is 2.28. The van der Waals surface area contributed by atoms with E-state index in [2.05, 4.69) is 6.58 Å². The summed E-state index contributed by atoms with van der Waals surface area (Å²) in [5.41, 5.74) is 6.54. The number of hydrogen-bond acceptors (Lipinski definition) is 4. The summed E-state index contributed by atoms with van der Waals surface area (Å²) >= 11 is 0. The van der Waals surface area contributed by atoms with Gasteiger partial charge in [0, 0.05) is 13.1 Å². The molecule has 1 rings (SSSR count). The van der Waals surface area contributed by atoms with E-state index in [-0.39, 0.29) is 30.3 Å². The Morgan fingerprint density at radius 1 is 1.50 bits per heavy atom. The van der Waals surface area contributed by atoms with Crippen molar-refractivity contribution in [1.82, 2.24) is 4.31 Å². The van der Waals surface area contributed by atoms with Crippen molar-refractivity contribution in [3.05, 3.63) is 36.4 Å². The Balaban J connectivity index is 3.30. The van der Waals surface area contributed by atoms with Crippen molar-refractivity contribution >= 4 is 15.7 Å². The normalized spacial score (nSPS) is 11.7. The molecule has 0 fully saturated rings. The van der Waals surface area contributed by atoms with Gasteiger partial charge >= 0.3 is 0 Å². The number of sulfonamides is 1. The number of aryl methyl sites for hydroxylation is 1. The van der Waals surface area contributed by atoms with Crippen LogP contribution in [0.3, 0.4) is 0 Å². The summed E-state index contributed by atoms with van der Waals surface area (Å²) in [7, 11) is -3.71. The van der Waals surface area contributed by atoms with Crippen LogP contribution >= 0.6 is 0 Å². The van der Waals surface area contributed by atoms with Crippen molar-refractivity contribution < 1.29 is 13.5 Å². The first kappa shape index (κ1) is 14.7. The molecular formula is C12H18N2O3S. The predicted octanol–water partition coefficient (Wildman–Crippen LogP) is 0.746. The van der Waals surface area contributed by atoms with Gasteiger partial charge in [0.2, 0.25) is 10.0 Å². The van der Waals surface area contributed by atoms with Crippen molar-refractivity contribution in [3.8, 4) is 0 Å². The summed E-state index contributed by atoms with van der Waals surface area (Å²) in [5, 5.41) is 8.94. The van der Waals surface area contributed by atoms with Crippen LogP contribution in [0.4, 0.5) is 5.69 Å². The molecule has 0 amide bonds. The second-order valence-corrected chi connectivity index (χ2v) is 5.74. The van der Waals surface area contributed by atoms with E-state index in [0.717, 1.165) is 4.31 Å². The zero-order valence-corrected chi connectivity index (χ0v) is 11.2. The number of hydrogen-bond donors (Lipinski definition) is 2. The van der Waals surface area contributed by atoms with E-state index in [1.54, 1.807) is 25.1 Å². The number of rotatable bonds is 6. The Kier molecular flexibility index (Phi) is 4.89. The lowest BCUT2D eigenvalue weighted by Crippen LogP contribution is -2.34. The summed E-state index contributed by atoms with van der Waals surface area (Å²) in [4.78, 5) is 0.0975. The highest BCUT2D eigenvalue weighted by molar-refractivity contribution is 7.89. The standard InChI is InChI=1S/C12H18N2O3S/c1-3-7-14(8-9-15)18(16,17)12-10(2)5-4-6-11(12)13/h3-6,15H,1,7-9,13H2,2H3. The smallest absolute Gasteiger partial charge is 0.245 e. The molecule has 0 saturated heterocycles. The molecule has 3 N–H and O–H groups in total. The SMILES string of the molecule is C=CCN(CCO)S(=O)(=O)c1c(C)cccc1N. The number of anilines is 1. The average molecular weight is 270 g/mol. The Labute approximate surface area is 108 Å². The maximum atomic E-state index is 12.4. The quantitative estimate of drug-likeness (QED) is 0.590. The molecule has 1 aromatic rings. The molecule has 0 radical (unpaired) electrons. The number of aliphatic hydroxyl groups is 1. The van der Waals surface area contributed by atoms with Crippen LogP contribution in [0.5, 0.6) is 0 Å². The van der Waals surface area contributed by atoms with Crippen LogP contribution in [0.1, 0.15) is 5.56 Å². The lowest BCUT2D eigenvalue weighted by atomic mass is 10.2. The maximum Gasteiger partial charge on any atom is 0.245 e. The van der Waals surface area contributed by atoms with Crippen LogP contribution in [-0.4, -0.2) is 37.5 Å². The molecule has 0 atom stereocenters. The first-order chi connectivity index (χ1) is 8.45. The van der Waals surface area contributed by atoms with Gasteiger partial charge in [0.1, 0.15) is 4.90 Å². The monoisotopic (exact) mass is 270 g/mol. The van der Waals surface area contributed by atoms with E-state index in [4.69, 9.17) is 10.8 Å². The number of benzene rings is 1. The van der Waals surface area contributed by atoms with Crippen LogP contribution in [-0.2, 0) is 10.0 Å². The van der Waals surface area contributed by atoms with Crippen LogP contribution in [0.25, 0.3) is 0 Å². The predicted molar refractivity (Wildman–Crippen MR) is 71.6 cm³/mol. The first-order valence-corrected chi connectivity index (χ1v) is 6.96. The van der Waals surface area contributed by atoms with Crippen molar-refractivity contribution in [3.63, 3.8) is 0 Å². The molecule has 0 saturated carbocycles. The molecule has 0 aliphatic heterocycles. The van der Waals surface area contributed by atoms with E-state index >= 15 is 0 Å².